The fourth-order valence-corrected chi connectivity index (χ4v) is 1.07. The fourth-order valence-electron chi connectivity index (χ4n) is 1.07. The summed E-state index contributed by atoms with van der Waals surface area (Å²) >= 11 is 0. The lowest BCUT2D eigenvalue weighted by Crippen LogP contribution is -2.11. The van der Waals surface area contributed by atoms with Crippen LogP contribution >= 0.6 is 0 Å². The van der Waals surface area contributed by atoms with Crippen molar-refractivity contribution in [3.8, 4) is 0 Å². The molecule has 64 valence electrons. The van der Waals surface area contributed by atoms with Crippen LogP contribution in [0.3, 0.4) is 0 Å². The van der Waals surface area contributed by atoms with E-state index >= 15 is 0 Å². The monoisotopic (exact) mass is 153 g/mol. The van der Waals surface area contributed by atoms with Crippen LogP contribution in [-0.2, 0) is 0 Å². The molecule has 11 heavy (non-hydrogen) atoms. The molecule has 0 saturated carbocycles. The van der Waals surface area contributed by atoms with Crippen LogP contribution in [-0.4, -0.2) is 6.54 Å². The second-order valence-corrected chi connectivity index (χ2v) is 2.32. The molecule has 1 rings (SSSR count). The first-order valence-corrected chi connectivity index (χ1v) is 4.44. The van der Waals surface area contributed by atoms with E-state index in [2.05, 4.69) is 31.4 Å². The highest BCUT2D eigenvalue weighted by atomic mass is 14.8. The topological polar surface area (TPSA) is 12.0 Å². The van der Waals surface area contributed by atoms with Crippen molar-refractivity contribution in [2.75, 3.05) is 6.54 Å². The quantitative estimate of drug-likeness (QED) is 0.611. The van der Waals surface area contributed by atoms with Gasteiger partial charge in [-0.1, -0.05) is 26.8 Å². The maximum Gasteiger partial charge on any atom is 0.0331 e. The van der Waals surface area contributed by atoms with Gasteiger partial charge in [-0.15, -0.1) is 0 Å². The zero-order valence-corrected chi connectivity index (χ0v) is 8.07. The van der Waals surface area contributed by atoms with E-state index in [0.717, 1.165) is 13.0 Å². The maximum atomic E-state index is 3.16. The van der Waals surface area contributed by atoms with Crippen LogP contribution in [0.5, 0.6) is 0 Å². The van der Waals surface area contributed by atoms with Crippen molar-refractivity contribution in [3.63, 3.8) is 0 Å². The molecule has 0 saturated heterocycles. The molecule has 0 unspecified atom stereocenters. The predicted molar refractivity (Wildman–Crippen MR) is 51.5 cm³/mol. The van der Waals surface area contributed by atoms with Gasteiger partial charge in [-0.25, -0.2) is 0 Å². The molecule has 1 nitrogen and oxygen atoms in total. The normalized spacial score (nSPS) is 15.3. The molecule has 0 aromatic carbocycles. The summed E-state index contributed by atoms with van der Waals surface area (Å²) in [6.07, 6.45) is 5.48. The van der Waals surface area contributed by atoms with E-state index in [1.807, 2.05) is 13.8 Å². The lowest BCUT2D eigenvalue weighted by atomic mass is 10.0. The van der Waals surface area contributed by atoms with Gasteiger partial charge in [0.15, 0.2) is 0 Å². The minimum atomic E-state index is 1.00. The van der Waals surface area contributed by atoms with E-state index in [1.54, 1.807) is 0 Å². The molecular formula is C10H19N. The SMILES string of the molecule is CC.CCC1=CCNC=C1C. The Labute approximate surface area is 70.2 Å². The molecule has 0 aromatic heterocycles. The van der Waals surface area contributed by atoms with Crippen molar-refractivity contribution in [2.45, 2.75) is 34.1 Å². The van der Waals surface area contributed by atoms with Crippen molar-refractivity contribution in [3.05, 3.63) is 23.4 Å². The highest BCUT2D eigenvalue weighted by Crippen LogP contribution is 2.13. The first-order valence-electron chi connectivity index (χ1n) is 4.44. The molecule has 0 aliphatic carbocycles. The lowest BCUT2D eigenvalue weighted by molar-refractivity contribution is 0.912. The third-order valence-corrected chi connectivity index (χ3v) is 1.67. The fraction of sp³-hybridized carbons (Fsp3) is 0.600. The molecule has 1 N–H and O–H groups in total. The van der Waals surface area contributed by atoms with Gasteiger partial charge >= 0.3 is 0 Å². The molecule has 0 spiro atoms. The van der Waals surface area contributed by atoms with E-state index in [9.17, 15) is 0 Å². The Morgan fingerprint density at radius 3 is 2.45 bits per heavy atom. The number of dihydropyridines is 1. The van der Waals surface area contributed by atoms with E-state index in [-0.39, 0.29) is 0 Å². The minimum absolute atomic E-state index is 1.00. The van der Waals surface area contributed by atoms with E-state index in [1.165, 1.54) is 11.1 Å². The average Bonchev–Trinajstić information content (AvgIpc) is 2.09. The summed E-state index contributed by atoms with van der Waals surface area (Å²) in [5, 5.41) is 3.16. The van der Waals surface area contributed by atoms with Gasteiger partial charge in [0, 0.05) is 6.54 Å². The summed E-state index contributed by atoms with van der Waals surface area (Å²) in [4.78, 5) is 0. The summed E-state index contributed by atoms with van der Waals surface area (Å²) in [7, 11) is 0. The largest absolute Gasteiger partial charge is 0.387 e. The molecule has 0 aromatic rings. The molecule has 1 heterocycles. The van der Waals surface area contributed by atoms with Gasteiger partial charge in [-0.2, -0.15) is 0 Å². The van der Waals surface area contributed by atoms with Gasteiger partial charge in [0.2, 0.25) is 0 Å². The van der Waals surface area contributed by atoms with Crippen molar-refractivity contribution in [1.29, 1.82) is 0 Å². The zero-order chi connectivity index (χ0) is 8.69. The van der Waals surface area contributed by atoms with Crippen LogP contribution in [0.15, 0.2) is 23.4 Å². The molecule has 1 heteroatoms. The first-order chi connectivity index (χ1) is 5.34. The molecule has 0 bridgehead atoms. The average molecular weight is 153 g/mol. The summed E-state index contributed by atoms with van der Waals surface area (Å²) in [5.74, 6) is 0. The summed E-state index contributed by atoms with van der Waals surface area (Å²) in [6, 6.07) is 0. The van der Waals surface area contributed by atoms with Gasteiger partial charge in [0.05, 0.1) is 0 Å². The summed E-state index contributed by atoms with van der Waals surface area (Å²) < 4.78 is 0. The molecule has 1 aliphatic rings. The number of nitrogens with one attached hydrogen (secondary N) is 1. The first kappa shape index (κ1) is 10.3. The Hall–Kier alpha value is -0.720. The van der Waals surface area contributed by atoms with E-state index in [0.29, 0.717) is 0 Å². The highest BCUT2D eigenvalue weighted by Gasteiger charge is 1.99. The van der Waals surface area contributed by atoms with Crippen molar-refractivity contribution in [1.82, 2.24) is 5.32 Å². The van der Waals surface area contributed by atoms with Crippen LogP contribution < -0.4 is 5.32 Å². The van der Waals surface area contributed by atoms with Crippen LogP contribution in [0.25, 0.3) is 0 Å². The van der Waals surface area contributed by atoms with Crippen LogP contribution in [0.4, 0.5) is 0 Å². The van der Waals surface area contributed by atoms with Crippen molar-refractivity contribution >= 4 is 0 Å². The zero-order valence-electron chi connectivity index (χ0n) is 8.07. The molecule has 0 amide bonds. The van der Waals surface area contributed by atoms with Gasteiger partial charge in [0.1, 0.15) is 0 Å². The van der Waals surface area contributed by atoms with E-state index < -0.39 is 0 Å². The van der Waals surface area contributed by atoms with Crippen molar-refractivity contribution < 1.29 is 0 Å². The second kappa shape index (κ2) is 6.02. The number of rotatable bonds is 1. The van der Waals surface area contributed by atoms with Crippen LogP contribution in [0, 0.1) is 0 Å². The highest BCUT2D eigenvalue weighted by molar-refractivity contribution is 5.31. The predicted octanol–water partition coefficient (Wildman–Crippen LogP) is 2.86. The minimum Gasteiger partial charge on any atom is -0.387 e. The number of allylic oxidation sites excluding steroid dienone is 2. The summed E-state index contributed by atoms with van der Waals surface area (Å²) in [5.41, 5.74) is 2.86. The summed E-state index contributed by atoms with van der Waals surface area (Å²) in [6.45, 7) is 9.33. The lowest BCUT2D eigenvalue weighted by Gasteiger charge is -2.11. The Bertz CT molecular complexity index is 154. The third-order valence-electron chi connectivity index (χ3n) is 1.67. The Morgan fingerprint density at radius 1 is 1.45 bits per heavy atom. The smallest absolute Gasteiger partial charge is 0.0331 e. The standard InChI is InChI=1S/C8H13N.C2H6/c1-3-8-4-5-9-6-7(8)2;1-2/h4,6,9H,3,5H2,1-2H3;1-2H3. The molecular weight excluding hydrogens is 134 g/mol. The molecule has 0 radical (unpaired) electrons. The third kappa shape index (κ3) is 3.26. The van der Waals surface area contributed by atoms with Gasteiger partial charge < -0.3 is 5.32 Å². The van der Waals surface area contributed by atoms with Crippen LogP contribution in [0.1, 0.15) is 34.1 Å². The van der Waals surface area contributed by atoms with Gasteiger partial charge in [0.25, 0.3) is 0 Å². The Morgan fingerprint density at radius 2 is 2.09 bits per heavy atom. The second-order valence-electron chi connectivity index (χ2n) is 2.32. The molecule has 1 aliphatic heterocycles. The number of hydrogen-bond acceptors (Lipinski definition) is 1. The molecule has 0 fully saturated rings. The number of hydrogen-bond donors (Lipinski definition) is 1. The maximum absolute atomic E-state index is 3.16. The van der Waals surface area contributed by atoms with E-state index in [4.69, 9.17) is 0 Å². The molecule has 0 atom stereocenters. The van der Waals surface area contributed by atoms with Crippen LogP contribution in [0.2, 0.25) is 0 Å². The Balaban J connectivity index is 0.000000461. The van der Waals surface area contributed by atoms with Crippen molar-refractivity contribution in [2.24, 2.45) is 0 Å². The van der Waals surface area contributed by atoms with Gasteiger partial charge in [-0.3, -0.25) is 0 Å². The Kier molecular flexibility index (Phi) is 5.63. The van der Waals surface area contributed by atoms with Gasteiger partial charge in [-0.05, 0) is 30.7 Å².